The number of hydrogen-bond acceptors (Lipinski definition) is 5. The molecule has 0 atom stereocenters. The van der Waals surface area contributed by atoms with E-state index < -0.39 is 0 Å². The minimum absolute atomic E-state index is 0.0910. The van der Waals surface area contributed by atoms with E-state index in [1.807, 2.05) is 25.7 Å². The summed E-state index contributed by atoms with van der Waals surface area (Å²) in [6.07, 6.45) is 1.57. The Morgan fingerprint density at radius 1 is 1.27 bits per heavy atom. The molecule has 1 saturated heterocycles. The van der Waals surface area contributed by atoms with Gasteiger partial charge in [-0.3, -0.25) is 9.59 Å². The van der Waals surface area contributed by atoms with Gasteiger partial charge in [0, 0.05) is 31.5 Å². The maximum absolute atomic E-state index is 12.2. The van der Waals surface area contributed by atoms with Crippen molar-refractivity contribution in [3.63, 3.8) is 0 Å². The monoisotopic (exact) mass is 308 g/mol. The smallest absolute Gasteiger partial charge is 0.242 e. The van der Waals surface area contributed by atoms with Gasteiger partial charge < -0.3 is 10.2 Å². The molecular formula is C14H24N6O2. The summed E-state index contributed by atoms with van der Waals surface area (Å²) in [7, 11) is 0. The number of piperidine rings is 1. The zero-order chi connectivity index (χ0) is 16.3. The predicted octanol–water partition coefficient (Wildman–Crippen LogP) is 0.0977. The van der Waals surface area contributed by atoms with Gasteiger partial charge >= 0.3 is 0 Å². The minimum atomic E-state index is -0.212. The molecule has 0 unspecified atom stereocenters. The predicted molar refractivity (Wildman–Crippen MR) is 79.9 cm³/mol. The van der Waals surface area contributed by atoms with Gasteiger partial charge in [0.25, 0.3) is 0 Å². The van der Waals surface area contributed by atoms with Crippen LogP contribution in [0.4, 0.5) is 0 Å². The highest BCUT2D eigenvalue weighted by Crippen LogP contribution is 2.18. The molecule has 1 fully saturated rings. The summed E-state index contributed by atoms with van der Waals surface area (Å²) in [6.45, 7) is 9.09. The first kappa shape index (κ1) is 16.4. The summed E-state index contributed by atoms with van der Waals surface area (Å²) in [5.74, 6) is 0.682. The molecule has 1 aromatic heterocycles. The maximum Gasteiger partial charge on any atom is 0.242 e. The SMILES string of the molecule is CC(=O)N1CCC(NC(=O)Cn2nnnc2C(C)(C)C)CC1. The van der Waals surface area contributed by atoms with Crippen molar-refractivity contribution in [1.29, 1.82) is 0 Å². The zero-order valence-corrected chi connectivity index (χ0v) is 13.7. The number of hydrogen-bond donors (Lipinski definition) is 1. The van der Waals surface area contributed by atoms with Crippen molar-refractivity contribution in [3.05, 3.63) is 5.82 Å². The number of carbonyl (C=O) groups is 2. The van der Waals surface area contributed by atoms with Crippen LogP contribution in [-0.4, -0.2) is 56.1 Å². The standard InChI is InChI=1S/C14H24N6O2/c1-10(21)19-7-5-11(6-8-19)15-12(22)9-20-13(14(2,3)4)16-17-18-20/h11H,5-9H2,1-4H3,(H,15,22). The van der Waals surface area contributed by atoms with Crippen LogP contribution in [0.3, 0.4) is 0 Å². The fourth-order valence-electron chi connectivity index (χ4n) is 2.60. The van der Waals surface area contributed by atoms with Crippen molar-refractivity contribution >= 4 is 11.8 Å². The molecule has 1 N–H and O–H groups in total. The quantitative estimate of drug-likeness (QED) is 0.854. The second-order valence-electron chi connectivity index (χ2n) is 6.76. The van der Waals surface area contributed by atoms with E-state index in [0.717, 1.165) is 12.8 Å². The summed E-state index contributed by atoms with van der Waals surface area (Å²) in [5.41, 5.74) is -0.212. The first-order valence-corrected chi connectivity index (χ1v) is 7.59. The molecule has 0 bridgehead atoms. The highest BCUT2D eigenvalue weighted by atomic mass is 16.2. The lowest BCUT2D eigenvalue weighted by Gasteiger charge is -2.31. The Balaban J connectivity index is 1.87. The molecule has 8 heteroatoms. The Labute approximate surface area is 130 Å². The van der Waals surface area contributed by atoms with Crippen LogP contribution in [0.25, 0.3) is 0 Å². The molecule has 1 aliphatic heterocycles. The summed E-state index contributed by atoms with van der Waals surface area (Å²) < 4.78 is 1.54. The molecule has 0 aromatic carbocycles. The van der Waals surface area contributed by atoms with E-state index >= 15 is 0 Å². The van der Waals surface area contributed by atoms with Gasteiger partial charge in [0.15, 0.2) is 5.82 Å². The summed E-state index contributed by atoms with van der Waals surface area (Å²) in [5, 5.41) is 14.5. The molecule has 8 nitrogen and oxygen atoms in total. The van der Waals surface area contributed by atoms with Crippen LogP contribution in [0.5, 0.6) is 0 Å². The number of tetrazole rings is 1. The number of nitrogens with zero attached hydrogens (tertiary/aromatic N) is 5. The number of nitrogens with one attached hydrogen (secondary N) is 1. The molecule has 2 rings (SSSR count). The zero-order valence-electron chi connectivity index (χ0n) is 13.7. The topological polar surface area (TPSA) is 93.0 Å². The van der Waals surface area contributed by atoms with Crippen molar-refractivity contribution in [3.8, 4) is 0 Å². The Morgan fingerprint density at radius 3 is 2.45 bits per heavy atom. The number of aromatic nitrogens is 4. The van der Waals surface area contributed by atoms with Crippen LogP contribution < -0.4 is 5.32 Å². The van der Waals surface area contributed by atoms with Crippen LogP contribution in [0.2, 0.25) is 0 Å². The van der Waals surface area contributed by atoms with Crippen LogP contribution in [0.15, 0.2) is 0 Å². The fourth-order valence-corrected chi connectivity index (χ4v) is 2.60. The van der Waals surface area contributed by atoms with Gasteiger partial charge in [0.05, 0.1) is 0 Å². The van der Waals surface area contributed by atoms with Crippen LogP contribution in [0, 0.1) is 0 Å². The van der Waals surface area contributed by atoms with E-state index in [4.69, 9.17) is 0 Å². The normalized spacial score (nSPS) is 16.6. The van der Waals surface area contributed by atoms with Crippen molar-refractivity contribution in [1.82, 2.24) is 30.4 Å². The van der Waals surface area contributed by atoms with Gasteiger partial charge in [-0.05, 0) is 23.3 Å². The fraction of sp³-hybridized carbons (Fsp3) is 0.786. The van der Waals surface area contributed by atoms with Crippen molar-refractivity contribution in [2.75, 3.05) is 13.1 Å². The van der Waals surface area contributed by atoms with Crippen molar-refractivity contribution in [2.24, 2.45) is 0 Å². The summed E-state index contributed by atoms with van der Waals surface area (Å²) >= 11 is 0. The number of carbonyl (C=O) groups excluding carboxylic acids is 2. The van der Waals surface area contributed by atoms with E-state index in [-0.39, 0.29) is 29.8 Å². The molecule has 1 aromatic rings. The Hall–Kier alpha value is -1.99. The number of likely N-dealkylation sites (tertiary alicyclic amines) is 1. The lowest BCUT2D eigenvalue weighted by atomic mass is 9.96. The Morgan fingerprint density at radius 2 is 1.91 bits per heavy atom. The molecule has 0 saturated carbocycles. The molecular weight excluding hydrogens is 284 g/mol. The molecule has 0 aliphatic carbocycles. The van der Waals surface area contributed by atoms with Gasteiger partial charge in [-0.15, -0.1) is 5.10 Å². The third-order valence-corrected chi connectivity index (χ3v) is 3.80. The van der Waals surface area contributed by atoms with Crippen LogP contribution in [-0.2, 0) is 21.5 Å². The van der Waals surface area contributed by atoms with Gasteiger partial charge in [-0.2, -0.15) is 0 Å². The lowest BCUT2D eigenvalue weighted by Crippen LogP contribution is -2.46. The van der Waals surface area contributed by atoms with Gasteiger partial charge in [0.2, 0.25) is 11.8 Å². The average Bonchev–Trinajstić information content (AvgIpc) is 2.87. The van der Waals surface area contributed by atoms with E-state index in [9.17, 15) is 9.59 Å². The second kappa shape index (κ2) is 6.41. The third-order valence-electron chi connectivity index (χ3n) is 3.80. The largest absolute Gasteiger partial charge is 0.352 e. The van der Waals surface area contributed by atoms with E-state index in [1.54, 1.807) is 11.6 Å². The minimum Gasteiger partial charge on any atom is -0.352 e. The maximum atomic E-state index is 12.2. The Kier molecular flexibility index (Phi) is 4.77. The Bertz CT molecular complexity index is 540. The van der Waals surface area contributed by atoms with Crippen molar-refractivity contribution < 1.29 is 9.59 Å². The highest BCUT2D eigenvalue weighted by molar-refractivity contribution is 5.76. The van der Waals surface area contributed by atoms with Crippen LogP contribution in [0.1, 0.15) is 46.4 Å². The molecule has 1 aliphatic rings. The molecule has 22 heavy (non-hydrogen) atoms. The number of rotatable bonds is 3. The highest BCUT2D eigenvalue weighted by Gasteiger charge is 2.25. The first-order chi connectivity index (χ1) is 10.3. The third kappa shape index (κ3) is 4.02. The molecule has 0 radical (unpaired) electrons. The lowest BCUT2D eigenvalue weighted by molar-refractivity contribution is -0.130. The van der Waals surface area contributed by atoms with Gasteiger partial charge in [-0.25, -0.2) is 4.68 Å². The molecule has 2 amide bonds. The first-order valence-electron chi connectivity index (χ1n) is 7.59. The van der Waals surface area contributed by atoms with Crippen molar-refractivity contribution in [2.45, 2.75) is 58.5 Å². The van der Waals surface area contributed by atoms with E-state index in [1.165, 1.54) is 0 Å². The summed E-state index contributed by atoms with van der Waals surface area (Å²) in [6, 6.07) is 0.109. The molecule has 122 valence electrons. The second-order valence-corrected chi connectivity index (χ2v) is 6.76. The van der Waals surface area contributed by atoms with Crippen LogP contribution >= 0.6 is 0 Å². The molecule has 0 spiro atoms. The van der Waals surface area contributed by atoms with E-state index in [0.29, 0.717) is 18.9 Å². The number of amides is 2. The average molecular weight is 308 g/mol. The molecule has 2 heterocycles. The van der Waals surface area contributed by atoms with Gasteiger partial charge in [0.1, 0.15) is 6.54 Å². The summed E-state index contributed by atoms with van der Waals surface area (Å²) in [4.78, 5) is 25.3. The van der Waals surface area contributed by atoms with Gasteiger partial charge in [-0.1, -0.05) is 20.8 Å². The van der Waals surface area contributed by atoms with E-state index in [2.05, 4.69) is 20.8 Å².